The van der Waals surface area contributed by atoms with E-state index in [2.05, 4.69) is 34.5 Å². The summed E-state index contributed by atoms with van der Waals surface area (Å²) in [5, 5.41) is 13.7. The van der Waals surface area contributed by atoms with Gasteiger partial charge in [-0.25, -0.2) is 0 Å². The first-order chi connectivity index (χ1) is 8.27. The summed E-state index contributed by atoms with van der Waals surface area (Å²) in [6.07, 6.45) is 3.23. The molecule has 3 heteroatoms. The van der Waals surface area contributed by atoms with Gasteiger partial charge >= 0.3 is 0 Å². The van der Waals surface area contributed by atoms with Crippen molar-refractivity contribution in [2.24, 2.45) is 0 Å². The molecule has 3 nitrogen and oxygen atoms in total. The lowest BCUT2D eigenvalue weighted by molar-refractivity contribution is 0.0680. The average Bonchev–Trinajstić information content (AvgIpc) is 2.76. The first-order valence-corrected chi connectivity index (χ1v) is 6.53. The molecule has 1 aromatic carbocycles. The molecule has 3 rings (SSSR count). The molecule has 1 saturated heterocycles. The number of aliphatic hydroxyl groups is 1. The van der Waals surface area contributed by atoms with Crippen LogP contribution in [0.25, 0.3) is 0 Å². The van der Waals surface area contributed by atoms with Gasteiger partial charge in [0.15, 0.2) is 0 Å². The SMILES string of the molecule is OC1(CN2CCCc3ccccc32)CCNC1. The molecule has 1 aromatic rings. The quantitative estimate of drug-likeness (QED) is 0.803. The maximum absolute atomic E-state index is 10.5. The van der Waals surface area contributed by atoms with Crippen LogP contribution in [0.2, 0.25) is 0 Å². The van der Waals surface area contributed by atoms with Gasteiger partial charge in [-0.1, -0.05) is 18.2 Å². The van der Waals surface area contributed by atoms with Crippen molar-refractivity contribution in [3.05, 3.63) is 29.8 Å². The predicted molar refractivity (Wildman–Crippen MR) is 69.4 cm³/mol. The first kappa shape index (κ1) is 11.1. The van der Waals surface area contributed by atoms with Gasteiger partial charge in [-0.15, -0.1) is 0 Å². The molecule has 0 amide bonds. The fourth-order valence-corrected chi connectivity index (χ4v) is 3.00. The van der Waals surface area contributed by atoms with Crippen molar-refractivity contribution in [2.45, 2.75) is 24.9 Å². The zero-order valence-corrected chi connectivity index (χ0v) is 10.2. The van der Waals surface area contributed by atoms with E-state index < -0.39 is 5.60 Å². The summed E-state index contributed by atoms with van der Waals surface area (Å²) in [5.41, 5.74) is 2.21. The van der Waals surface area contributed by atoms with E-state index in [4.69, 9.17) is 0 Å². The van der Waals surface area contributed by atoms with E-state index in [-0.39, 0.29) is 0 Å². The van der Waals surface area contributed by atoms with Crippen LogP contribution in [0.1, 0.15) is 18.4 Å². The van der Waals surface area contributed by atoms with Gasteiger partial charge in [0.25, 0.3) is 0 Å². The first-order valence-electron chi connectivity index (χ1n) is 6.53. The van der Waals surface area contributed by atoms with Gasteiger partial charge in [0.05, 0.1) is 5.60 Å². The lowest BCUT2D eigenvalue weighted by Crippen LogP contribution is -2.46. The van der Waals surface area contributed by atoms with E-state index in [0.29, 0.717) is 0 Å². The molecule has 0 saturated carbocycles. The number of hydrogen-bond acceptors (Lipinski definition) is 3. The van der Waals surface area contributed by atoms with E-state index in [1.54, 1.807) is 0 Å². The van der Waals surface area contributed by atoms with Gasteiger partial charge in [-0.3, -0.25) is 0 Å². The van der Waals surface area contributed by atoms with Crippen molar-refractivity contribution in [1.82, 2.24) is 5.32 Å². The van der Waals surface area contributed by atoms with Crippen LogP contribution in [-0.4, -0.2) is 36.9 Å². The molecule has 0 bridgehead atoms. The summed E-state index contributed by atoms with van der Waals surface area (Å²) in [6, 6.07) is 8.58. The maximum atomic E-state index is 10.5. The van der Waals surface area contributed by atoms with Gasteiger partial charge in [0, 0.05) is 25.3 Å². The van der Waals surface area contributed by atoms with Gasteiger partial charge in [-0.05, 0) is 37.4 Å². The highest BCUT2D eigenvalue weighted by molar-refractivity contribution is 5.55. The number of aryl methyl sites for hydroxylation is 1. The minimum Gasteiger partial charge on any atom is -0.387 e. The molecule has 92 valence electrons. The molecule has 2 heterocycles. The number of rotatable bonds is 2. The van der Waals surface area contributed by atoms with Crippen molar-refractivity contribution >= 4 is 5.69 Å². The lowest BCUT2D eigenvalue weighted by atomic mass is 9.97. The van der Waals surface area contributed by atoms with Crippen molar-refractivity contribution in [1.29, 1.82) is 0 Å². The third-order valence-corrected chi connectivity index (χ3v) is 3.91. The van der Waals surface area contributed by atoms with Crippen molar-refractivity contribution in [3.8, 4) is 0 Å². The Balaban J connectivity index is 1.81. The summed E-state index contributed by atoms with van der Waals surface area (Å²) in [7, 11) is 0. The lowest BCUT2D eigenvalue weighted by Gasteiger charge is -2.36. The number of para-hydroxylation sites is 1. The van der Waals surface area contributed by atoms with E-state index in [1.165, 1.54) is 24.1 Å². The molecule has 2 aliphatic rings. The minimum atomic E-state index is -0.537. The Bertz CT molecular complexity index is 399. The highest BCUT2D eigenvalue weighted by Crippen LogP contribution is 2.29. The molecule has 17 heavy (non-hydrogen) atoms. The molecule has 1 fully saturated rings. The molecule has 0 aliphatic carbocycles. The molecule has 2 aliphatic heterocycles. The third-order valence-electron chi connectivity index (χ3n) is 3.91. The zero-order valence-electron chi connectivity index (χ0n) is 10.2. The monoisotopic (exact) mass is 232 g/mol. The Kier molecular flexibility index (Phi) is 2.81. The van der Waals surface area contributed by atoms with Crippen LogP contribution in [0.5, 0.6) is 0 Å². The normalized spacial score (nSPS) is 28.2. The number of benzene rings is 1. The molecule has 0 radical (unpaired) electrons. The fourth-order valence-electron chi connectivity index (χ4n) is 3.00. The van der Waals surface area contributed by atoms with E-state index in [1.807, 2.05) is 0 Å². The molecule has 1 atom stereocenters. The van der Waals surface area contributed by atoms with Crippen LogP contribution in [0.15, 0.2) is 24.3 Å². The fraction of sp³-hybridized carbons (Fsp3) is 0.571. The standard InChI is InChI=1S/C14H20N2O/c17-14(7-8-15-10-14)11-16-9-3-5-12-4-1-2-6-13(12)16/h1-2,4,6,15,17H,3,5,7-11H2. The van der Waals surface area contributed by atoms with Crippen LogP contribution in [0, 0.1) is 0 Å². The van der Waals surface area contributed by atoms with Crippen LogP contribution in [0.3, 0.4) is 0 Å². The average molecular weight is 232 g/mol. The summed E-state index contributed by atoms with van der Waals surface area (Å²) < 4.78 is 0. The Hall–Kier alpha value is -1.06. The third kappa shape index (κ3) is 2.17. The Labute approximate surface area is 102 Å². The largest absolute Gasteiger partial charge is 0.387 e. The number of hydrogen-bond donors (Lipinski definition) is 2. The minimum absolute atomic E-state index is 0.537. The smallest absolute Gasteiger partial charge is 0.0957 e. The molecule has 1 unspecified atom stereocenters. The summed E-state index contributed by atoms with van der Waals surface area (Å²) in [6.45, 7) is 3.49. The molecular formula is C14H20N2O. The number of anilines is 1. The van der Waals surface area contributed by atoms with Crippen molar-refractivity contribution < 1.29 is 5.11 Å². The molecule has 2 N–H and O–H groups in total. The summed E-state index contributed by atoms with van der Waals surface area (Å²) in [4.78, 5) is 2.35. The number of fused-ring (bicyclic) bond motifs is 1. The van der Waals surface area contributed by atoms with Crippen LogP contribution < -0.4 is 10.2 Å². The van der Waals surface area contributed by atoms with Gasteiger partial charge in [0.1, 0.15) is 0 Å². The number of nitrogens with one attached hydrogen (secondary N) is 1. The molecular weight excluding hydrogens is 212 g/mol. The van der Waals surface area contributed by atoms with Crippen molar-refractivity contribution in [3.63, 3.8) is 0 Å². The van der Waals surface area contributed by atoms with Crippen LogP contribution in [-0.2, 0) is 6.42 Å². The second kappa shape index (κ2) is 4.31. The van der Waals surface area contributed by atoms with Gasteiger partial charge in [-0.2, -0.15) is 0 Å². The second-order valence-electron chi connectivity index (χ2n) is 5.30. The van der Waals surface area contributed by atoms with Crippen molar-refractivity contribution in [2.75, 3.05) is 31.1 Å². The van der Waals surface area contributed by atoms with Crippen LogP contribution in [0.4, 0.5) is 5.69 Å². The highest BCUT2D eigenvalue weighted by atomic mass is 16.3. The Morgan fingerprint density at radius 2 is 2.24 bits per heavy atom. The Morgan fingerprint density at radius 3 is 3.06 bits per heavy atom. The number of β-amino-alcohol motifs (C(OH)–C–C–N with tert-alkyl or cyclic N) is 1. The highest BCUT2D eigenvalue weighted by Gasteiger charge is 2.34. The second-order valence-corrected chi connectivity index (χ2v) is 5.30. The van der Waals surface area contributed by atoms with E-state index >= 15 is 0 Å². The maximum Gasteiger partial charge on any atom is 0.0957 e. The van der Waals surface area contributed by atoms with Crippen LogP contribution >= 0.6 is 0 Å². The summed E-state index contributed by atoms with van der Waals surface area (Å²) >= 11 is 0. The number of nitrogens with zero attached hydrogens (tertiary/aromatic N) is 1. The zero-order chi connectivity index (χ0) is 11.7. The van der Waals surface area contributed by atoms with E-state index in [9.17, 15) is 5.11 Å². The van der Waals surface area contributed by atoms with Gasteiger partial charge < -0.3 is 15.3 Å². The van der Waals surface area contributed by atoms with Gasteiger partial charge in [0.2, 0.25) is 0 Å². The topological polar surface area (TPSA) is 35.5 Å². The Morgan fingerprint density at radius 1 is 1.35 bits per heavy atom. The predicted octanol–water partition coefficient (Wildman–Crippen LogP) is 1.16. The molecule has 0 aromatic heterocycles. The molecule has 0 spiro atoms. The summed E-state index contributed by atoms with van der Waals surface area (Å²) in [5.74, 6) is 0. The van der Waals surface area contributed by atoms with E-state index in [0.717, 1.165) is 32.6 Å².